The number of anilines is 1. The summed E-state index contributed by atoms with van der Waals surface area (Å²) in [6, 6.07) is 18.0. The van der Waals surface area contributed by atoms with Crippen LogP contribution < -0.4 is 15.8 Å². The van der Waals surface area contributed by atoms with E-state index in [0.717, 1.165) is 11.1 Å². The molecule has 2 N–H and O–H groups in total. The van der Waals surface area contributed by atoms with Gasteiger partial charge in [-0.3, -0.25) is 19.1 Å². The van der Waals surface area contributed by atoms with Crippen molar-refractivity contribution >= 4 is 40.7 Å². The van der Waals surface area contributed by atoms with Gasteiger partial charge in [-0.1, -0.05) is 53.5 Å². The van der Waals surface area contributed by atoms with Crippen molar-refractivity contribution in [3.63, 3.8) is 0 Å². The Kier molecular flexibility index (Phi) is 6.49. The maximum absolute atomic E-state index is 13.0. The van der Waals surface area contributed by atoms with Crippen molar-refractivity contribution < 1.29 is 18.8 Å². The van der Waals surface area contributed by atoms with E-state index >= 15 is 0 Å². The number of ether oxygens (including phenoxy) is 1. The van der Waals surface area contributed by atoms with Gasteiger partial charge < -0.3 is 15.0 Å². The zero-order chi connectivity index (χ0) is 25.2. The van der Waals surface area contributed by atoms with Crippen molar-refractivity contribution in [2.24, 2.45) is 0 Å². The second kappa shape index (κ2) is 9.88. The lowest BCUT2D eigenvalue weighted by Gasteiger charge is -2.29. The molecule has 11 heteroatoms. The lowest BCUT2D eigenvalue weighted by atomic mass is 9.98. The van der Waals surface area contributed by atoms with Crippen LogP contribution in [0.5, 0.6) is 11.5 Å². The third-order valence-electron chi connectivity index (χ3n) is 5.59. The second-order valence-electron chi connectivity index (χ2n) is 8.05. The van der Waals surface area contributed by atoms with Crippen molar-refractivity contribution in [1.29, 1.82) is 0 Å². The highest BCUT2D eigenvalue weighted by Crippen LogP contribution is 2.39. The maximum Gasteiger partial charge on any atom is 0.439 e. The van der Waals surface area contributed by atoms with Crippen LogP contribution in [0.4, 0.5) is 5.69 Å². The van der Waals surface area contributed by atoms with Crippen LogP contribution >= 0.6 is 23.2 Å². The summed E-state index contributed by atoms with van der Waals surface area (Å²) in [6.45, 7) is 1.15. The zero-order valence-electron chi connectivity index (χ0n) is 18.6. The van der Waals surface area contributed by atoms with E-state index < -0.39 is 11.7 Å². The summed E-state index contributed by atoms with van der Waals surface area (Å²) in [5.74, 6) is -1.22. The summed E-state index contributed by atoms with van der Waals surface area (Å²) in [5.41, 5.74) is 2.85. The first-order valence-electron chi connectivity index (χ1n) is 10.9. The Hall–Kier alpha value is -4.08. The van der Waals surface area contributed by atoms with Crippen LogP contribution in [-0.2, 0) is 13.0 Å². The predicted molar refractivity (Wildman–Crippen MR) is 133 cm³/mol. The molecule has 0 aliphatic carbocycles. The summed E-state index contributed by atoms with van der Waals surface area (Å²) in [4.78, 5) is 40.2. The van der Waals surface area contributed by atoms with Gasteiger partial charge in [0.2, 0.25) is 5.82 Å². The minimum Gasteiger partial charge on any atom is -0.454 e. The van der Waals surface area contributed by atoms with Crippen LogP contribution in [0.25, 0.3) is 0 Å². The van der Waals surface area contributed by atoms with Gasteiger partial charge in [-0.2, -0.15) is 0 Å². The number of hydrogen-bond donors (Lipinski definition) is 2. The zero-order valence-corrected chi connectivity index (χ0v) is 20.1. The third-order valence-corrected chi connectivity index (χ3v) is 6.15. The number of nitrogens with zero attached hydrogens (tertiary/aromatic N) is 2. The van der Waals surface area contributed by atoms with E-state index in [1.165, 1.54) is 12.1 Å². The first-order chi connectivity index (χ1) is 17.4. The average molecular weight is 525 g/mol. The van der Waals surface area contributed by atoms with Gasteiger partial charge >= 0.3 is 5.76 Å². The Balaban J connectivity index is 1.30. The van der Waals surface area contributed by atoms with E-state index in [9.17, 15) is 14.4 Å². The van der Waals surface area contributed by atoms with Crippen LogP contribution in [-0.4, -0.2) is 33.4 Å². The molecule has 0 atom stereocenters. The van der Waals surface area contributed by atoms with Gasteiger partial charge in [0.1, 0.15) is 5.75 Å². The standard InChI is InChI=1S/C25H18Cl2N4O5/c26-19-11-16(28-23(32)22-29-25(34)36-30-22)12-20(27)21(19)35-17-6-7-18-15(10-17)8-9-31(24(18)33)13-14-4-2-1-3-5-14/h1-7,10-12H,8-9,13H2,(H,28,32)(H,29,30,34). The number of benzene rings is 3. The molecule has 1 aliphatic rings. The molecule has 4 aromatic rings. The van der Waals surface area contributed by atoms with E-state index in [1.807, 2.05) is 35.2 Å². The number of rotatable bonds is 6. The van der Waals surface area contributed by atoms with Crippen molar-refractivity contribution in [1.82, 2.24) is 15.0 Å². The fourth-order valence-electron chi connectivity index (χ4n) is 3.90. The molecule has 182 valence electrons. The highest BCUT2D eigenvalue weighted by molar-refractivity contribution is 6.37. The number of H-pyrrole nitrogens is 1. The molecule has 0 fully saturated rings. The summed E-state index contributed by atoms with van der Waals surface area (Å²) in [6.07, 6.45) is 0.682. The Morgan fingerprint density at radius 1 is 1.08 bits per heavy atom. The minimum atomic E-state index is -0.851. The predicted octanol–water partition coefficient (Wildman–Crippen LogP) is 4.91. The van der Waals surface area contributed by atoms with Crippen LogP contribution in [0.15, 0.2) is 70.0 Å². The maximum atomic E-state index is 13.0. The molecule has 0 spiro atoms. The molecule has 3 aromatic carbocycles. The van der Waals surface area contributed by atoms with Crippen molar-refractivity contribution in [2.75, 3.05) is 11.9 Å². The Bertz CT molecular complexity index is 1490. The Morgan fingerprint density at radius 3 is 2.53 bits per heavy atom. The van der Waals surface area contributed by atoms with E-state index in [2.05, 4.69) is 20.0 Å². The lowest BCUT2D eigenvalue weighted by Crippen LogP contribution is -2.37. The second-order valence-corrected chi connectivity index (χ2v) is 8.86. The van der Waals surface area contributed by atoms with E-state index in [0.29, 0.717) is 30.8 Å². The van der Waals surface area contributed by atoms with E-state index in [4.69, 9.17) is 27.9 Å². The molecule has 0 saturated carbocycles. The molecule has 0 saturated heterocycles. The van der Waals surface area contributed by atoms with Gasteiger partial charge in [-0.05, 0) is 53.0 Å². The highest BCUT2D eigenvalue weighted by atomic mass is 35.5. The van der Waals surface area contributed by atoms with Gasteiger partial charge in [0.15, 0.2) is 5.75 Å². The molecule has 0 unspecified atom stereocenters. The smallest absolute Gasteiger partial charge is 0.439 e. The molecule has 5 rings (SSSR count). The van der Waals surface area contributed by atoms with Crippen LogP contribution in [0, 0.1) is 0 Å². The van der Waals surface area contributed by atoms with E-state index in [1.54, 1.807) is 18.2 Å². The monoisotopic (exact) mass is 524 g/mol. The largest absolute Gasteiger partial charge is 0.454 e. The number of halogens is 2. The number of carbonyl (C=O) groups is 2. The lowest BCUT2D eigenvalue weighted by molar-refractivity contribution is 0.0726. The molecule has 36 heavy (non-hydrogen) atoms. The fourth-order valence-corrected chi connectivity index (χ4v) is 4.46. The minimum absolute atomic E-state index is 0.0312. The molecule has 1 aliphatic heterocycles. The van der Waals surface area contributed by atoms with Gasteiger partial charge in [-0.25, -0.2) is 4.79 Å². The molecule has 0 bridgehead atoms. The average Bonchev–Trinajstić information content (AvgIpc) is 3.30. The summed E-state index contributed by atoms with van der Waals surface area (Å²) in [7, 11) is 0. The van der Waals surface area contributed by atoms with E-state index in [-0.39, 0.29) is 33.2 Å². The number of nitrogens with one attached hydrogen (secondary N) is 2. The summed E-state index contributed by atoms with van der Waals surface area (Å²) in [5, 5.41) is 6.13. The van der Waals surface area contributed by atoms with Gasteiger partial charge in [0.25, 0.3) is 11.8 Å². The van der Waals surface area contributed by atoms with Crippen LogP contribution in [0.1, 0.15) is 32.1 Å². The number of amides is 2. The molecular weight excluding hydrogens is 507 g/mol. The molecular formula is C25H18Cl2N4O5. The normalized spacial score (nSPS) is 12.8. The summed E-state index contributed by atoms with van der Waals surface area (Å²) < 4.78 is 10.3. The first-order valence-corrected chi connectivity index (χ1v) is 11.6. The highest BCUT2D eigenvalue weighted by Gasteiger charge is 2.25. The fraction of sp³-hybridized carbons (Fsp3) is 0.120. The topological polar surface area (TPSA) is 118 Å². The number of aromatic nitrogens is 2. The number of aromatic amines is 1. The Labute approximate surface area is 214 Å². The van der Waals surface area contributed by atoms with Gasteiger partial charge in [-0.15, -0.1) is 0 Å². The number of fused-ring (bicyclic) bond motifs is 1. The first kappa shape index (κ1) is 23.7. The molecule has 2 amide bonds. The quantitative estimate of drug-likeness (QED) is 0.369. The van der Waals surface area contributed by atoms with Crippen molar-refractivity contribution in [2.45, 2.75) is 13.0 Å². The SMILES string of the molecule is O=C(Nc1cc(Cl)c(Oc2ccc3c(c2)CCN(Cc2ccccc2)C3=O)c(Cl)c1)c1noc(=O)[nH]1. The van der Waals surface area contributed by atoms with Gasteiger partial charge in [0.05, 0.1) is 10.0 Å². The van der Waals surface area contributed by atoms with Crippen molar-refractivity contribution in [3.05, 3.63) is 104 Å². The van der Waals surface area contributed by atoms with Crippen molar-refractivity contribution in [3.8, 4) is 11.5 Å². The number of carbonyl (C=O) groups excluding carboxylic acids is 2. The molecule has 1 aromatic heterocycles. The summed E-state index contributed by atoms with van der Waals surface area (Å²) >= 11 is 12.7. The Morgan fingerprint density at radius 2 is 1.83 bits per heavy atom. The molecule has 9 nitrogen and oxygen atoms in total. The van der Waals surface area contributed by atoms with Crippen LogP contribution in [0.3, 0.4) is 0 Å². The van der Waals surface area contributed by atoms with Gasteiger partial charge in [0, 0.05) is 24.3 Å². The third kappa shape index (κ3) is 4.98. The number of hydrogen-bond acceptors (Lipinski definition) is 6. The van der Waals surface area contributed by atoms with Crippen LogP contribution in [0.2, 0.25) is 10.0 Å². The molecule has 0 radical (unpaired) electrons. The molecule has 2 heterocycles.